The number of esters is 1. The Kier molecular flexibility index (Phi) is 7.57. The number of aromatic nitrogens is 3. The molecule has 0 saturated carbocycles. The van der Waals surface area contributed by atoms with Crippen molar-refractivity contribution in [3.8, 4) is 0 Å². The highest BCUT2D eigenvalue weighted by atomic mass is 28.4. The molecule has 0 radical (unpaired) electrons. The Morgan fingerprint density at radius 1 is 1.22 bits per heavy atom. The summed E-state index contributed by atoms with van der Waals surface area (Å²) in [5.41, 5.74) is 1.09. The fourth-order valence-corrected chi connectivity index (χ4v) is 5.15. The van der Waals surface area contributed by atoms with Crippen molar-refractivity contribution >= 4 is 14.3 Å². The van der Waals surface area contributed by atoms with Gasteiger partial charge in [-0.05, 0) is 37.0 Å². The maximum absolute atomic E-state index is 12.3. The first-order valence-corrected chi connectivity index (χ1v) is 14.4. The Balaban J connectivity index is 1.87. The van der Waals surface area contributed by atoms with Crippen LogP contribution < -0.4 is 0 Å². The third kappa shape index (κ3) is 5.30. The SMILES string of the molecule is CCOC(=O)c1nc2n(n1)C(C(CC)O[Si](C)(C)C(C)(C)C)CC2OCc1ccccc1. The monoisotopic (exact) mass is 459 g/mol. The molecule has 1 aliphatic heterocycles. The Morgan fingerprint density at radius 2 is 1.91 bits per heavy atom. The number of fused-ring (bicyclic) bond motifs is 1. The summed E-state index contributed by atoms with van der Waals surface area (Å²) < 4.78 is 20.1. The molecule has 2 heterocycles. The van der Waals surface area contributed by atoms with E-state index in [0.29, 0.717) is 12.4 Å². The molecule has 8 heteroatoms. The van der Waals surface area contributed by atoms with Crippen molar-refractivity contribution in [1.29, 1.82) is 0 Å². The molecular weight excluding hydrogens is 422 g/mol. The second-order valence-electron chi connectivity index (χ2n) is 9.87. The fourth-order valence-electron chi connectivity index (χ4n) is 3.72. The molecular formula is C24H37N3O4Si. The summed E-state index contributed by atoms with van der Waals surface area (Å²) in [7, 11) is -1.99. The van der Waals surface area contributed by atoms with Gasteiger partial charge in [-0.15, -0.1) is 5.10 Å². The van der Waals surface area contributed by atoms with Crippen molar-refractivity contribution in [2.24, 2.45) is 0 Å². The number of hydrogen-bond donors (Lipinski definition) is 0. The first-order chi connectivity index (χ1) is 15.1. The molecule has 0 amide bonds. The average Bonchev–Trinajstić information content (AvgIpc) is 3.31. The summed E-state index contributed by atoms with van der Waals surface area (Å²) >= 11 is 0. The average molecular weight is 460 g/mol. The number of ether oxygens (including phenoxy) is 2. The van der Waals surface area contributed by atoms with Crippen LogP contribution in [0.1, 0.15) is 81.6 Å². The van der Waals surface area contributed by atoms with E-state index >= 15 is 0 Å². The lowest BCUT2D eigenvalue weighted by molar-refractivity contribution is 0.0242. The van der Waals surface area contributed by atoms with E-state index in [1.807, 2.05) is 35.0 Å². The molecule has 2 aromatic rings. The van der Waals surface area contributed by atoms with E-state index < -0.39 is 14.3 Å². The lowest BCUT2D eigenvalue weighted by Crippen LogP contribution is -2.45. The lowest BCUT2D eigenvalue weighted by atomic mass is 10.1. The van der Waals surface area contributed by atoms with Crippen LogP contribution in [0, 0.1) is 0 Å². The quantitative estimate of drug-likeness (QED) is 0.366. The molecule has 3 unspecified atom stereocenters. The van der Waals surface area contributed by atoms with Crippen molar-refractivity contribution in [3.05, 3.63) is 47.5 Å². The molecule has 0 N–H and O–H groups in total. The maximum Gasteiger partial charge on any atom is 0.378 e. The largest absolute Gasteiger partial charge is 0.460 e. The molecule has 1 aromatic heterocycles. The molecule has 3 atom stereocenters. The molecule has 3 rings (SSSR count). The normalized spacial score (nSPS) is 19.6. The summed E-state index contributed by atoms with van der Waals surface area (Å²) in [5.74, 6) is 0.252. The van der Waals surface area contributed by atoms with Gasteiger partial charge in [0, 0.05) is 6.42 Å². The molecule has 0 spiro atoms. The number of hydrogen-bond acceptors (Lipinski definition) is 6. The zero-order chi connectivity index (χ0) is 23.5. The topological polar surface area (TPSA) is 75.5 Å². The predicted molar refractivity (Wildman–Crippen MR) is 126 cm³/mol. The zero-order valence-corrected chi connectivity index (χ0v) is 21.4. The van der Waals surface area contributed by atoms with Gasteiger partial charge in [0.15, 0.2) is 14.1 Å². The van der Waals surface area contributed by atoms with Crippen molar-refractivity contribution in [2.45, 2.75) is 90.4 Å². The van der Waals surface area contributed by atoms with Crippen LogP contribution in [0.2, 0.25) is 18.1 Å². The summed E-state index contributed by atoms with van der Waals surface area (Å²) in [6.07, 6.45) is 1.28. The maximum atomic E-state index is 12.3. The molecule has 0 fully saturated rings. The third-order valence-electron chi connectivity index (χ3n) is 6.55. The highest BCUT2D eigenvalue weighted by molar-refractivity contribution is 6.74. The number of carbonyl (C=O) groups excluding carboxylic acids is 1. The van der Waals surface area contributed by atoms with Crippen LogP contribution in [0.25, 0.3) is 0 Å². The van der Waals surface area contributed by atoms with E-state index in [1.54, 1.807) is 6.92 Å². The first kappa shape index (κ1) is 24.6. The van der Waals surface area contributed by atoms with E-state index in [9.17, 15) is 4.79 Å². The molecule has 0 aliphatic carbocycles. The van der Waals surface area contributed by atoms with Gasteiger partial charge in [0.25, 0.3) is 5.82 Å². The van der Waals surface area contributed by atoms with Gasteiger partial charge < -0.3 is 13.9 Å². The summed E-state index contributed by atoms with van der Waals surface area (Å²) in [6, 6.07) is 10.0. The standard InChI is InChI=1S/C24H37N3O4Si/c1-8-19(31-32(6,7)24(3,4)5)18-15-20(30-16-17-13-11-10-12-14-17)22-25-21(26-27(18)22)23(28)29-9-2/h10-14,18-20H,8-9,15-16H2,1-7H3. The van der Waals surface area contributed by atoms with Crippen LogP contribution in [-0.2, 0) is 20.5 Å². The Morgan fingerprint density at radius 3 is 2.50 bits per heavy atom. The number of benzene rings is 1. The fraction of sp³-hybridized carbons (Fsp3) is 0.625. The number of carbonyl (C=O) groups is 1. The van der Waals surface area contributed by atoms with Gasteiger partial charge in [-0.2, -0.15) is 0 Å². The van der Waals surface area contributed by atoms with Crippen LogP contribution in [0.4, 0.5) is 0 Å². The molecule has 0 bridgehead atoms. The van der Waals surface area contributed by atoms with Gasteiger partial charge in [0.1, 0.15) is 6.10 Å². The van der Waals surface area contributed by atoms with Gasteiger partial charge in [0.05, 0.1) is 25.4 Å². The van der Waals surface area contributed by atoms with Gasteiger partial charge in [-0.3, -0.25) is 0 Å². The molecule has 0 saturated heterocycles. The number of nitrogens with zero attached hydrogens (tertiary/aromatic N) is 3. The minimum atomic E-state index is -1.99. The summed E-state index contributed by atoms with van der Waals surface area (Å²) in [4.78, 5) is 16.8. The van der Waals surface area contributed by atoms with Gasteiger partial charge >= 0.3 is 5.97 Å². The van der Waals surface area contributed by atoms with E-state index in [1.165, 1.54) is 0 Å². The Hall–Kier alpha value is -2.03. The molecule has 1 aliphatic rings. The molecule has 32 heavy (non-hydrogen) atoms. The third-order valence-corrected chi connectivity index (χ3v) is 11.1. The summed E-state index contributed by atoms with van der Waals surface area (Å²) in [5, 5.41) is 4.64. The van der Waals surface area contributed by atoms with Gasteiger partial charge in [0.2, 0.25) is 0 Å². The minimum Gasteiger partial charge on any atom is -0.460 e. The number of rotatable bonds is 9. The van der Waals surface area contributed by atoms with Crippen molar-refractivity contribution in [2.75, 3.05) is 6.61 Å². The van der Waals surface area contributed by atoms with E-state index in [0.717, 1.165) is 18.4 Å². The van der Waals surface area contributed by atoms with E-state index in [4.69, 9.17) is 13.9 Å². The van der Waals surface area contributed by atoms with E-state index in [-0.39, 0.29) is 35.7 Å². The van der Waals surface area contributed by atoms with Crippen LogP contribution in [0.5, 0.6) is 0 Å². The molecule has 1 aromatic carbocycles. The van der Waals surface area contributed by atoms with Crippen LogP contribution in [0.3, 0.4) is 0 Å². The smallest absolute Gasteiger partial charge is 0.378 e. The second kappa shape index (κ2) is 9.85. The van der Waals surface area contributed by atoms with Gasteiger partial charge in [-0.25, -0.2) is 14.5 Å². The highest BCUT2D eigenvalue weighted by Crippen LogP contribution is 2.43. The Bertz CT molecular complexity index is 908. The van der Waals surface area contributed by atoms with Crippen molar-refractivity contribution < 1.29 is 18.7 Å². The zero-order valence-electron chi connectivity index (χ0n) is 20.4. The molecule has 7 nitrogen and oxygen atoms in total. The van der Waals surface area contributed by atoms with Crippen LogP contribution in [-0.4, -0.2) is 41.8 Å². The minimum absolute atomic E-state index is 0.0308. The van der Waals surface area contributed by atoms with Crippen molar-refractivity contribution in [3.63, 3.8) is 0 Å². The van der Waals surface area contributed by atoms with Crippen LogP contribution >= 0.6 is 0 Å². The van der Waals surface area contributed by atoms with E-state index in [2.05, 4.69) is 50.9 Å². The van der Waals surface area contributed by atoms with Gasteiger partial charge in [-0.1, -0.05) is 58.0 Å². The molecule has 176 valence electrons. The first-order valence-electron chi connectivity index (χ1n) is 11.5. The Labute approximate surface area is 192 Å². The van der Waals surface area contributed by atoms with Crippen LogP contribution in [0.15, 0.2) is 30.3 Å². The van der Waals surface area contributed by atoms with Crippen molar-refractivity contribution in [1.82, 2.24) is 14.8 Å². The predicted octanol–water partition coefficient (Wildman–Crippen LogP) is 5.46. The highest BCUT2D eigenvalue weighted by Gasteiger charge is 2.45. The summed E-state index contributed by atoms with van der Waals surface area (Å²) in [6.45, 7) is 15.9. The lowest BCUT2D eigenvalue weighted by Gasteiger charge is -2.40. The second-order valence-corrected chi connectivity index (χ2v) is 14.6.